The molecule has 0 spiro atoms. The summed E-state index contributed by atoms with van der Waals surface area (Å²) in [5, 5.41) is 2.92. The van der Waals surface area contributed by atoms with Gasteiger partial charge in [-0.3, -0.25) is 4.79 Å². The number of carbonyl (C=O) groups is 1. The lowest BCUT2D eigenvalue weighted by Crippen LogP contribution is -2.07. The molecule has 0 fully saturated rings. The summed E-state index contributed by atoms with van der Waals surface area (Å²) in [4.78, 5) is 12.7. The van der Waals surface area contributed by atoms with Crippen LogP contribution in [0, 0.1) is 6.92 Å². The minimum atomic E-state index is 0.00745. The summed E-state index contributed by atoms with van der Waals surface area (Å²) in [7, 11) is 0. The Labute approximate surface area is 115 Å². The van der Waals surface area contributed by atoms with Gasteiger partial charge in [0.2, 0.25) is 0 Å². The fraction of sp³-hybridized carbons (Fsp3) is 0.0625. The lowest BCUT2D eigenvalue weighted by atomic mass is 9.97. The van der Waals surface area contributed by atoms with Crippen molar-refractivity contribution in [2.45, 2.75) is 6.92 Å². The van der Waals surface area contributed by atoms with Gasteiger partial charge in [-0.1, -0.05) is 30.3 Å². The van der Waals surface area contributed by atoms with Crippen LogP contribution in [0.1, 0.15) is 21.5 Å². The predicted molar refractivity (Wildman–Crippen MR) is 80.8 cm³/mol. The summed E-state index contributed by atoms with van der Waals surface area (Å²) in [6.07, 6.45) is 0. The number of fused-ring (bicyclic) bond motifs is 1. The maximum Gasteiger partial charge on any atom is 0.196 e. The molecule has 3 aromatic rings. The molecule has 0 bridgehead atoms. The van der Waals surface area contributed by atoms with Gasteiger partial charge in [-0.15, -0.1) is 11.3 Å². The molecule has 2 N–H and O–H groups in total. The zero-order valence-corrected chi connectivity index (χ0v) is 11.3. The topological polar surface area (TPSA) is 43.1 Å². The Bertz CT molecular complexity index is 753. The van der Waals surface area contributed by atoms with E-state index in [1.807, 2.05) is 48.7 Å². The van der Waals surface area contributed by atoms with E-state index in [2.05, 4.69) is 0 Å². The van der Waals surface area contributed by atoms with Gasteiger partial charge in [0.05, 0.1) is 0 Å². The van der Waals surface area contributed by atoms with Gasteiger partial charge in [-0.05, 0) is 24.6 Å². The number of hydrogen-bond acceptors (Lipinski definition) is 3. The first-order valence-electron chi connectivity index (χ1n) is 6.04. The lowest BCUT2D eigenvalue weighted by molar-refractivity contribution is 0.104. The summed E-state index contributed by atoms with van der Waals surface area (Å²) in [5.74, 6) is 0.00745. The van der Waals surface area contributed by atoms with Crippen LogP contribution in [-0.4, -0.2) is 5.78 Å². The first kappa shape index (κ1) is 11.9. The van der Waals surface area contributed by atoms with E-state index in [-0.39, 0.29) is 5.78 Å². The van der Waals surface area contributed by atoms with Crippen molar-refractivity contribution in [1.82, 2.24) is 0 Å². The maximum absolute atomic E-state index is 12.7. The number of hydrogen-bond donors (Lipinski definition) is 1. The second-order valence-corrected chi connectivity index (χ2v) is 5.43. The average Bonchev–Trinajstić information content (AvgIpc) is 2.82. The van der Waals surface area contributed by atoms with E-state index in [1.165, 1.54) is 0 Å². The summed E-state index contributed by atoms with van der Waals surface area (Å²) in [5.41, 5.74) is 8.77. The van der Waals surface area contributed by atoms with Gasteiger partial charge >= 0.3 is 0 Å². The van der Waals surface area contributed by atoms with Crippen molar-refractivity contribution in [3.8, 4) is 0 Å². The fourth-order valence-corrected chi connectivity index (χ4v) is 3.23. The minimum Gasteiger partial charge on any atom is -0.398 e. The highest BCUT2D eigenvalue weighted by Gasteiger charge is 2.18. The van der Waals surface area contributed by atoms with Gasteiger partial charge in [-0.25, -0.2) is 0 Å². The van der Waals surface area contributed by atoms with E-state index in [4.69, 9.17) is 5.73 Å². The highest BCUT2D eigenvalue weighted by atomic mass is 32.1. The molecule has 0 aliphatic heterocycles. The number of benzene rings is 2. The molecule has 94 valence electrons. The molecular weight excluding hydrogens is 254 g/mol. The SMILES string of the molecule is Cc1cccc(N)c1C(=O)c1csc2ccccc12. The molecule has 0 saturated heterocycles. The Morgan fingerprint density at radius 2 is 1.89 bits per heavy atom. The first-order chi connectivity index (χ1) is 9.18. The summed E-state index contributed by atoms with van der Waals surface area (Å²) in [6, 6.07) is 13.5. The van der Waals surface area contributed by atoms with Crippen LogP contribution in [0.4, 0.5) is 5.69 Å². The van der Waals surface area contributed by atoms with Crippen molar-refractivity contribution >= 4 is 32.9 Å². The fourth-order valence-electron chi connectivity index (χ4n) is 2.29. The number of aryl methyl sites for hydroxylation is 1. The molecule has 1 heterocycles. The summed E-state index contributed by atoms with van der Waals surface area (Å²) in [6.45, 7) is 1.91. The average molecular weight is 267 g/mol. The number of nitrogen functional groups attached to an aromatic ring is 1. The minimum absolute atomic E-state index is 0.00745. The molecule has 0 unspecified atom stereocenters. The Morgan fingerprint density at radius 1 is 1.11 bits per heavy atom. The van der Waals surface area contributed by atoms with E-state index in [9.17, 15) is 4.79 Å². The molecule has 1 aromatic heterocycles. The normalized spacial score (nSPS) is 10.8. The van der Waals surface area contributed by atoms with Crippen molar-refractivity contribution in [1.29, 1.82) is 0 Å². The molecule has 0 amide bonds. The number of thiophene rings is 1. The molecule has 0 saturated carbocycles. The Balaban J connectivity index is 2.20. The van der Waals surface area contributed by atoms with Crippen LogP contribution < -0.4 is 5.73 Å². The molecular formula is C16H13NOS. The van der Waals surface area contributed by atoms with Gasteiger partial charge in [0.15, 0.2) is 5.78 Å². The van der Waals surface area contributed by atoms with E-state index in [0.717, 1.165) is 21.2 Å². The highest BCUT2D eigenvalue weighted by Crippen LogP contribution is 2.29. The van der Waals surface area contributed by atoms with Crippen molar-refractivity contribution in [2.24, 2.45) is 0 Å². The first-order valence-corrected chi connectivity index (χ1v) is 6.92. The van der Waals surface area contributed by atoms with Crippen molar-refractivity contribution in [3.05, 3.63) is 64.5 Å². The van der Waals surface area contributed by atoms with Gasteiger partial charge in [-0.2, -0.15) is 0 Å². The van der Waals surface area contributed by atoms with Crippen LogP contribution in [0.15, 0.2) is 47.8 Å². The number of carbonyl (C=O) groups excluding carboxylic acids is 1. The Hall–Kier alpha value is -2.13. The summed E-state index contributed by atoms with van der Waals surface area (Å²) >= 11 is 1.59. The lowest BCUT2D eigenvalue weighted by Gasteiger charge is -2.07. The second kappa shape index (κ2) is 4.52. The van der Waals surface area contributed by atoms with Crippen LogP contribution in [0.5, 0.6) is 0 Å². The summed E-state index contributed by atoms with van der Waals surface area (Å²) < 4.78 is 1.12. The van der Waals surface area contributed by atoms with Gasteiger partial charge < -0.3 is 5.73 Å². The van der Waals surface area contributed by atoms with Crippen LogP contribution in [0.25, 0.3) is 10.1 Å². The molecule has 19 heavy (non-hydrogen) atoms. The predicted octanol–water partition coefficient (Wildman–Crippen LogP) is 4.02. The number of rotatable bonds is 2. The van der Waals surface area contributed by atoms with Crippen LogP contribution >= 0.6 is 11.3 Å². The molecule has 0 aliphatic rings. The monoisotopic (exact) mass is 267 g/mol. The maximum atomic E-state index is 12.7. The van der Waals surface area contributed by atoms with Crippen LogP contribution in [0.2, 0.25) is 0 Å². The van der Waals surface area contributed by atoms with E-state index in [0.29, 0.717) is 11.3 Å². The molecule has 3 rings (SSSR count). The number of anilines is 1. The molecule has 3 heteroatoms. The van der Waals surface area contributed by atoms with E-state index in [1.54, 1.807) is 17.4 Å². The van der Waals surface area contributed by atoms with Gasteiger partial charge in [0.25, 0.3) is 0 Å². The molecule has 0 atom stereocenters. The van der Waals surface area contributed by atoms with E-state index < -0.39 is 0 Å². The zero-order valence-electron chi connectivity index (χ0n) is 10.5. The quantitative estimate of drug-likeness (QED) is 0.563. The van der Waals surface area contributed by atoms with Crippen molar-refractivity contribution in [3.63, 3.8) is 0 Å². The molecule has 0 radical (unpaired) electrons. The highest BCUT2D eigenvalue weighted by molar-refractivity contribution is 7.17. The van der Waals surface area contributed by atoms with Crippen LogP contribution in [-0.2, 0) is 0 Å². The van der Waals surface area contributed by atoms with Gasteiger partial charge in [0, 0.05) is 32.3 Å². The zero-order chi connectivity index (χ0) is 13.4. The molecule has 0 aliphatic carbocycles. The van der Waals surface area contributed by atoms with Gasteiger partial charge in [0.1, 0.15) is 0 Å². The molecule has 2 aromatic carbocycles. The Kier molecular flexibility index (Phi) is 2.84. The van der Waals surface area contributed by atoms with Crippen molar-refractivity contribution in [2.75, 3.05) is 5.73 Å². The largest absolute Gasteiger partial charge is 0.398 e. The van der Waals surface area contributed by atoms with Crippen molar-refractivity contribution < 1.29 is 4.79 Å². The van der Waals surface area contributed by atoms with Crippen LogP contribution in [0.3, 0.4) is 0 Å². The third-order valence-corrected chi connectivity index (χ3v) is 4.22. The number of ketones is 1. The molecule has 2 nitrogen and oxygen atoms in total. The third-order valence-electron chi connectivity index (χ3n) is 3.26. The smallest absolute Gasteiger partial charge is 0.196 e. The van der Waals surface area contributed by atoms with E-state index >= 15 is 0 Å². The second-order valence-electron chi connectivity index (χ2n) is 4.51. The standard InChI is InChI=1S/C16H13NOS/c1-10-5-4-7-13(17)15(10)16(18)12-9-19-14-8-3-2-6-11(12)14/h2-9H,17H2,1H3. The third kappa shape index (κ3) is 1.92. The Morgan fingerprint density at radius 3 is 2.68 bits per heavy atom. The number of nitrogens with two attached hydrogens (primary N) is 1.